The Labute approximate surface area is 123 Å². The van der Waals surface area contributed by atoms with Gasteiger partial charge in [-0.25, -0.2) is 4.98 Å². The largest absolute Gasteiger partial charge is 0.313 e. The molecule has 0 saturated heterocycles. The van der Waals surface area contributed by atoms with Crippen LogP contribution in [0.25, 0.3) is 16.6 Å². The summed E-state index contributed by atoms with van der Waals surface area (Å²) in [6.07, 6.45) is 7.63. The molecule has 0 atom stereocenters. The van der Waals surface area contributed by atoms with Crippen LogP contribution < -0.4 is 0 Å². The molecule has 2 aromatic heterocycles. The number of hydrogen-bond donors (Lipinski definition) is 0. The van der Waals surface area contributed by atoms with Gasteiger partial charge in [0, 0.05) is 12.1 Å². The van der Waals surface area contributed by atoms with Crippen LogP contribution in [-0.2, 0) is 0 Å². The number of ketones is 1. The van der Waals surface area contributed by atoms with Crippen molar-refractivity contribution in [3.63, 3.8) is 0 Å². The molecular weight excluding hydrogens is 260 g/mol. The van der Waals surface area contributed by atoms with Crippen LogP contribution in [0.15, 0.2) is 42.6 Å². The van der Waals surface area contributed by atoms with Gasteiger partial charge in [-0.05, 0) is 37.1 Å². The Morgan fingerprint density at radius 2 is 1.76 bits per heavy atom. The number of aromatic nitrogens is 2. The molecule has 106 valence electrons. The molecule has 3 aromatic rings. The van der Waals surface area contributed by atoms with E-state index in [9.17, 15) is 4.79 Å². The van der Waals surface area contributed by atoms with Gasteiger partial charge in [0.05, 0.1) is 16.6 Å². The fraction of sp³-hybridized carbons (Fsp3) is 0.333. The van der Waals surface area contributed by atoms with Crippen LogP contribution in [0.3, 0.4) is 0 Å². The number of fused-ring (bicyclic) bond motifs is 3. The normalized spacial score (nSPS) is 16.6. The maximum atomic E-state index is 12.9. The topological polar surface area (TPSA) is 34.4 Å². The van der Waals surface area contributed by atoms with Crippen molar-refractivity contribution in [2.24, 2.45) is 5.92 Å². The van der Waals surface area contributed by atoms with E-state index in [1.807, 2.05) is 42.6 Å². The molecule has 0 N–H and O–H groups in total. The molecule has 4 rings (SSSR count). The minimum absolute atomic E-state index is 0.158. The lowest BCUT2D eigenvalue weighted by molar-refractivity contribution is 0.0886. The quantitative estimate of drug-likeness (QED) is 0.657. The summed E-state index contributed by atoms with van der Waals surface area (Å²) >= 11 is 0. The highest BCUT2D eigenvalue weighted by molar-refractivity contribution is 6.04. The van der Waals surface area contributed by atoms with E-state index in [0.29, 0.717) is 5.69 Å². The highest BCUT2D eigenvalue weighted by Crippen LogP contribution is 2.29. The van der Waals surface area contributed by atoms with Crippen molar-refractivity contribution in [3.8, 4) is 0 Å². The average Bonchev–Trinajstić information content (AvgIpc) is 3.04. The lowest BCUT2D eigenvalue weighted by Crippen LogP contribution is -2.19. The first-order valence-electron chi connectivity index (χ1n) is 7.74. The zero-order valence-electron chi connectivity index (χ0n) is 12.0. The van der Waals surface area contributed by atoms with Crippen molar-refractivity contribution in [2.45, 2.75) is 32.1 Å². The number of rotatable bonds is 2. The number of para-hydroxylation sites is 2. The molecule has 0 bridgehead atoms. The number of Topliss-reactive ketones (excluding diaryl/α,β-unsaturated/α-hetero) is 1. The second-order valence-corrected chi connectivity index (χ2v) is 5.91. The SMILES string of the molecule is O=C(c1nc2ccccc2n2cccc12)C1CCCCC1. The summed E-state index contributed by atoms with van der Waals surface area (Å²) in [6, 6.07) is 12.0. The first kappa shape index (κ1) is 12.6. The summed E-state index contributed by atoms with van der Waals surface area (Å²) < 4.78 is 2.08. The second kappa shape index (κ2) is 4.99. The van der Waals surface area contributed by atoms with Gasteiger partial charge in [-0.1, -0.05) is 31.4 Å². The zero-order valence-corrected chi connectivity index (χ0v) is 12.0. The molecule has 2 heterocycles. The third-order valence-electron chi connectivity index (χ3n) is 4.57. The van der Waals surface area contributed by atoms with Gasteiger partial charge in [0.2, 0.25) is 0 Å². The molecule has 21 heavy (non-hydrogen) atoms. The van der Waals surface area contributed by atoms with Gasteiger partial charge in [-0.15, -0.1) is 0 Å². The number of benzene rings is 1. The molecule has 0 amide bonds. The minimum Gasteiger partial charge on any atom is -0.313 e. The van der Waals surface area contributed by atoms with Crippen molar-refractivity contribution in [2.75, 3.05) is 0 Å². The first-order valence-corrected chi connectivity index (χ1v) is 7.74. The smallest absolute Gasteiger partial charge is 0.186 e. The van der Waals surface area contributed by atoms with Crippen LogP contribution in [0.2, 0.25) is 0 Å². The molecule has 0 spiro atoms. The Balaban J connectivity index is 1.89. The molecule has 3 nitrogen and oxygen atoms in total. The highest BCUT2D eigenvalue weighted by atomic mass is 16.1. The maximum Gasteiger partial charge on any atom is 0.186 e. The predicted octanol–water partition coefficient (Wildman–Crippen LogP) is 4.25. The van der Waals surface area contributed by atoms with E-state index in [0.717, 1.165) is 29.4 Å². The van der Waals surface area contributed by atoms with E-state index in [1.165, 1.54) is 19.3 Å². The Morgan fingerprint density at radius 1 is 1.00 bits per heavy atom. The molecule has 0 aliphatic heterocycles. The van der Waals surface area contributed by atoms with Crippen LogP contribution in [-0.4, -0.2) is 15.2 Å². The summed E-state index contributed by atoms with van der Waals surface area (Å²) in [7, 11) is 0. The monoisotopic (exact) mass is 278 g/mol. The van der Waals surface area contributed by atoms with Crippen LogP contribution in [0, 0.1) is 5.92 Å². The van der Waals surface area contributed by atoms with E-state index in [-0.39, 0.29) is 11.7 Å². The van der Waals surface area contributed by atoms with Gasteiger partial charge < -0.3 is 4.40 Å². The van der Waals surface area contributed by atoms with E-state index in [2.05, 4.69) is 9.38 Å². The van der Waals surface area contributed by atoms with Crippen molar-refractivity contribution < 1.29 is 4.79 Å². The molecule has 0 radical (unpaired) electrons. The van der Waals surface area contributed by atoms with Crippen molar-refractivity contribution in [3.05, 3.63) is 48.3 Å². The average molecular weight is 278 g/mol. The summed E-state index contributed by atoms with van der Waals surface area (Å²) in [4.78, 5) is 17.6. The highest BCUT2D eigenvalue weighted by Gasteiger charge is 2.25. The fourth-order valence-electron chi connectivity index (χ4n) is 3.46. The number of carbonyl (C=O) groups is 1. The van der Waals surface area contributed by atoms with Crippen LogP contribution in [0.5, 0.6) is 0 Å². The number of nitrogens with zero attached hydrogens (tertiary/aromatic N) is 2. The molecule has 1 saturated carbocycles. The third kappa shape index (κ3) is 2.04. The lowest BCUT2D eigenvalue weighted by Gasteiger charge is -2.20. The van der Waals surface area contributed by atoms with Gasteiger partial charge in [-0.2, -0.15) is 0 Å². The summed E-state index contributed by atoms with van der Waals surface area (Å²) in [5.74, 6) is 0.385. The molecule has 0 unspecified atom stereocenters. The molecule has 1 aliphatic carbocycles. The third-order valence-corrected chi connectivity index (χ3v) is 4.57. The number of hydrogen-bond acceptors (Lipinski definition) is 2. The zero-order chi connectivity index (χ0) is 14.2. The standard InChI is InChI=1S/C18H18N2O/c21-18(13-7-2-1-3-8-13)17-16-11-6-12-20(16)15-10-5-4-9-14(15)19-17/h4-6,9-13H,1-3,7-8H2. The van der Waals surface area contributed by atoms with Crippen molar-refractivity contribution >= 4 is 22.3 Å². The van der Waals surface area contributed by atoms with E-state index < -0.39 is 0 Å². The second-order valence-electron chi connectivity index (χ2n) is 5.91. The van der Waals surface area contributed by atoms with Crippen LogP contribution in [0.4, 0.5) is 0 Å². The van der Waals surface area contributed by atoms with E-state index >= 15 is 0 Å². The van der Waals surface area contributed by atoms with Gasteiger partial charge in [0.25, 0.3) is 0 Å². The van der Waals surface area contributed by atoms with Crippen molar-refractivity contribution in [1.29, 1.82) is 0 Å². The first-order chi connectivity index (χ1) is 10.3. The van der Waals surface area contributed by atoms with Crippen molar-refractivity contribution in [1.82, 2.24) is 9.38 Å². The summed E-state index contributed by atoms with van der Waals surface area (Å²) in [6.45, 7) is 0. The van der Waals surface area contributed by atoms with Gasteiger partial charge in [0.1, 0.15) is 5.69 Å². The van der Waals surface area contributed by atoms with E-state index in [1.54, 1.807) is 0 Å². The minimum atomic E-state index is 0.158. The Morgan fingerprint density at radius 3 is 2.62 bits per heavy atom. The fourth-order valence-corrected chi connectivity index (χ4v) is 3.46. The molecular formula is C18H18N2O. The number of carbonyl (C=O) groups excluding carboxylic acids is 1. The van der Waals surface area contributed by atoms with Crippen LogP contribution in [0.1, 0.15) is 42.6 Å². The summed E-state index contributed by atoms with van der Waals surface area (Å²) in [5.41, 5.74) is 3.52. The maximum absolute atomic E-state index is 12.9. The molecule has 1 aliphatic rings. The Hall–Kier alpha value is -2.16. The van der Waals surface area contributed by atoms with Gasteiger partial charge in [0.15, 0.2) is 5.78 Å². The van der Waals surface area contributed by atoms with Gasteiger partial charge >= 0.3 is 0 Å². The predicted molar refractivity (Wildman–Crippen MR) is 83.6 cm³/mol. The van der Waals surface area contributed by atoms with Crippen LogP contribution >= 0.6 is 0 Å². The van der Waals surface area contributed by atoms with E-state index in [4.69, 9.17) is 0 Å². The Kier molecular flexibility index (Phi) is 2.99. The van der Waals surface area contributed by atoms with Gasteiger partial charge in [-0.3, -0.25) is 4.79 Å². The summed E-state index contributed by atoms with van der Waals surface area (Å²) in [5, 5.41) is 0. The molecule has 1 fully saturated rings. The Bertz CT molecular complexity index is 812. The molecule has 1 aromatic carbocycles. The molecule has 3 heteroatoms. The lowest BCUT2D eigenvalue weighted by atomic mass is 9.85.